The van der Waals surface area contributed by atoms with E-state index in [1.807, 2.05) is 10.8 Å². The molecule has 10 nitrogen and oxygen atoms in total. The number of fused-ring (bicyclic) bond motifs is 1. The van der Waals surface area contributed by atoms with Gasteiger partial charge in [-0.15, -0.1) is 0 Å². The number of aromatic amines is 1. The Morgan fingerprint density at radius 2 is 1.97 bits per heavy atom. The number of sulfonamides is 1. The number of carbonyl (C=O) groups excluding carboxylic acids is 1. The predicted octanol–water partition coefficient (Wildman–Crippen LogP) is 4.29. The Balaban J connectivity index is 1.33. The van der Waals surface area contributed by atoms with Crippen molar-refractivity contribution in [3.8, 4) is 23.4 Å². The molecule has 200 valence electrons. The lowest BCUT2D eigenvalue weighted by molar-refractivity contribution is 0.0490. The Kier molecular flexibility index (Phi) is 7.44. The fourth-order valence-electron chi connectivity index (χ4n) is 4.11. The first-order valence-electron chi connectivity index (χ1n) is 12.1. The minimum Gasteiger partial charge on any atom is -0.476 e. The molecular formula is C27H23FN4O6S. The standard InChI is InChI=1S/C27H23FN4O6S/c28-22-13-23-18(5-8-30-23)12-25(22)38-24-4-2-1-3-21(24)26(33)32-39(34,35)20-11-19(14-29)27(31-15-20)37-16-17-6-9-36-10-7-17/h1-5,8,11-13,15,17,30H,6-7,9-10,16H2,(H,32,33). The van der Waals surface area contributed by atoms with E-state index in [1.165, 1.54) is 30.3 Å². The van der Waals surface area contributed by atoms with Crippen LogP contribution < -0.4 is 14.2 Å². The van der Waals surface area contributed by atoms with E-state index in [4.69, 9.17) is 14.2 Å². The second-order valence-electron chi connectivity index (χ2n) is 8.88. The van der Waals surface area contributed by atoms with Gasteiger partial charge in [0.2, 0.25) is 5.88 Å². The second-order valence-corrected chi connectivity index (χ2v) is 10.6. The Morgan fingerprint density at radius 1 is 1.18 bits per heavy atom. The van der Waals surface area contributed by atoms with Gasteiger partial charge in [0.05, 0.1) is 18.4 Å². The van der Waals surface area contributed by atoms with Crippen LogP contribution in [0.15, 0.2) is 65.8 Å². The molecule has 2 aromatic heterocycles. The molecule has 4 aromatic rings. The third-order valence-corrected chi connectivity index (χ3v) is 7.54. The molecular weight excluding hydrogens is 527 g/mol. The van der Waals surface area contributed by atoms with Crippen LogP contribution >= 0.6 is 0 Å². The van der Waals surface area contributed by atoms with Crippen LogP contribution in [0.5, 0.6) is 17.4 Å². The monoisotopic (exact) mass is 550 g/mol. The number of hydrogen-bond acceptors (Lipinski definition) is 8. The lowest BCUT2D eigenvalue weighted by Crippen LogP contribution is -2.31. The van der Waals surface area contributed by atoms with Gasteiger partial charge in [0, 0.05) is 36.4 Å². The number of ether oxygens (including phenoxy) is 3. The van der Waals surface area contributed by atoms with Crippen molar-refractivity contribution < 1.29 is 31.8 Å². The molecule has 0 spiro atoms. The van der Waals surface area contributed by atoms with E-state index in [9.17, 15) is 22.9 Å². The largest absolute Gasteiger partial charge is 0.476 e. The quantitative estimate of drug-likeness (QED) is 0.331. The average Bonchev–Trinajstić information content (AvgIpc) is 3.39. The van der Waals surface area contributed by atoms with Crippen LogP contribution in [0, 0.1) is 23.1 Å². The molecule has 39 heavy (non-hydrogen) atoms. The van der Waals surface area contributed by atoms with Crippen LogP contribution in [-0.2, 0) is 14.8 Å². The van der Waals surface area contributed by atoms with Crippen molar-refractivity contribution in [3.05, 3.63) is 77.9 Å². The lowest BCUT2D eigenvalue weighted by atomic mass is 10.0. The molecule has 0 radical (unpaired) electrons. The maximum Gasteiger partial charge on any atom is 0.268 e. The maximum absolute atomic E-state index is 14.6. The number of carbonyl (C=O) groups is 1. The van der Waals surface area contributed by atoms with Crippen LogP contribution in [0.2, 0.25) is 0 Å². The summed E-state index contributed by atoms with van der Waals surface area (Å²) in [5.74, 6) is -1.60. The third-order valence-electron chi connectivity index (χ3n) is 6.24. The van der Waals surface area contributed by atoms with Crippen molar-refractivity contribution in [2.24, 2.45) is 5.92 Å². The molecule has 3 heterocycles. The Morgan fingerprint density at radius 3 is 2.77 bits per heavy atom. The normalized spacial score (nSPS) is 14.1. The first-order valence-corrected chi connectivity index (χ1v) is 13.5. The fraction of sp³-hybridized carbons (Fsp3) is 0.222. The van der Waals surface area contributed by atoms with Crippen molar-refractivity contribution in [1.29, 1.82) is 5.26 Å². The number of hydrogen-bond donors (Lipinski definition) is 2. The van der Waals surface area contributed by atoms with E-state index in [0.29, 0.717) is 30.7 Å². The van der Waals surface area contributed by atoms with Gasteiger partial charge < -0.3 is 19.2 Å². The first-order chi connectivity index (χ1) is 18.8. The molecule has 2 N–H and O–H groups in total. The number of aromatic nitrogens is 2. The van der Waals surface area contributed by atoms with Crippen LogP contribution in [0.4, 0.5) is 4.39 Å². The lowest BCUT2D eigenvalue weighted by Gasteiger charge is -2.22. The van der Waals surface area contributed by atoms with Gasteiger partial charge in [0.25, 0.3) is 15.9 Å². The van der Waals surface area contributed by atoms with Gasteiger partial charge in [-0.05, 0) is 49.1 Å². The van der Waals surface area contributed by atoms with E-state index in [2.05, 4.69) is 9.97 Å². The number of amides is 1. The van der Waals surface area contributed by atoms with E-state index < -0.39 is 26.6 Å². The zero-order valence-corrected chi connectivity index (χ0v) is 21.3. The molecule has 1 fully saturated rings. The molecule has 12 heteroatoms. The zero-order chi connectivity index (χ0) is 27.4. The van der Waals surface area contributed by atoms with Gasteiger partial charge in [0.15, 0.2) is 11.6 Å². The van der Waals surface area contributed by atoms with Crippen molar-refractivity contribution in [3.63, 3.8) is 0 Å². The van der Waals surface area contributed by atoms with Gasteiger partial charge in [-0.2, -0.15) is 5.26 Å². The highest BCUT2D eigenvalue weighted by atomic mass is 32.2. The molecule has 0 bridgehead atoms. The minimum absolute atomic E-state index is 0.00873. The Labute approximate surface area is 223 Å². The number of rotatable bonds is 8. The molecule has 0 atom stereocenters. The van der Waals surface area contributed by atoms with Crippen molar-refractivity contribution in [2.45, 2.75) is 17.7 Å². The number of nitriles is 1. The van der Waals surface area contributed by atoms with Crippen LogP contribution in [0.25, 0.3) is 10.9 Å². The summed E-state index contributed by atoms with van der Waals surface area (Å²) in [6, 6.07) is 13.3. The van der Waals surface area contributed by atoms with Crippen molar-refractivity contribution >= 4 is 26.8 Å². The van der Waals surface area contributed by atoms with Crippen LogP contribution in [0.3, 0.4) is 0 Å². The van der Waals surface area contributed by atoms with Gasteiger partial charge in [0.1, 0.15) is 22.3 Å². The summed E-state index contributed by atoms with van der Waals surface area (Å²) >= 11 is 0. The third kappa shape index (κ3) is 5.84. The van der Waals surface area contributed by atoms with Crippen LogP contribution in [-0.4, -0.2) is 44.1 Å². The molecule has 0 unspecified atom stereocenters. The van der Waals surface area contributed by atoms with E-state index in [1.54, 1.807) is 18.3 Å². The van der Waals surface area contributed by atoms with Gasteiger partial charge >= 0.3 is 0 Å². The van der Waals surface area contributed by atoms with Gasteiger partial charge in [-0.25, -0.2) is 22.5 Å². The Bertz CT molecular complexity index is 1680. The van der Waals surface area contributed by atoms with E-state index in [0.717, 1.165) is 25.1 Å². The number of para-hydroxylation sites is 1. The molecule has 5 rings (SSSR count). The fourth-order valence-corrected chi connectivity index (χ4v) is 5.05. The van der Waals surface area contributed by atoms with Crippen LogP contribution in [0.1, 0.15) is 28.8 Å². The minimum atomic E-state index is -4.43. The van der Waals surface area contributed by atoms with E-state index >= 15 is 0 Å². The highest BCUT2D eigenvalue weighted by Gasteiger charge is 2.24. The summed E-state index contributed by atoms with van der Waals surface area (Å²) in [6.07, 6.45) is 4.30. The summed E-state index contributed by atoms with van der Waals surface area (Å²) in [7, 11) is -4.43. The summed E-state index contributed by atoms with van der Waals surface area (Å²) < 4.78 is 59.2. The van der Waals surface area contributed by atoms with Crippen molar-refractivity contribution in [2.75, 3.05) is 19.8 Å². The molecule has 0 aliphatic carbocycles. The topological polar surface area (TPSA) is 143 Å². The van der Waals surface area contributed by atoms with E-state index in [-0.39, 0.29) is 34.4 Å². The number of benzene rings is 2. The summed E-state index contributed by atoms with van der Waals surface area (Å²) in [6.45, 7) is 1.59. The zero-order valence-electron chi connectivity index (χ0n) is 20.5. The predicted molar refractivity (Wildman–Crippen MR) is 137 cm³/mol. The number of nitrogens with zero attached hydrogens (tertiary/aromatic N) is 2. The maximum atomic E-state index is 14.6. The molecule has 0 saturated carbocycles. The first kappa shape index (κ1) is 26.1. The number of H-pyrrole nitrogens is 1. The molecule has 1 saturated heterocycles. The molecule has 2 aromatic carbocycles. The SMILES string of the molecule is N#Cc1cc(S(=O)(=O)NC(=O)c2ccccc2Oc2cc3cc[nH]c3cc2F)cnc1OCC1CCOCC1. The smallest absolute Gasteiger partial charge is 0.268 e. The summed E-state index contributed by atoms with van der Waals surface area (Å²) in [5.41, 5.74) is 0.346. The summed E-state index contributed by atoms with van der Waals surface area (Å²) in [5, 5.41) is 10.2. The molecule has 1 aliphatic heterocycles. The molecule has 1 aliphatic rings. The highest BCUT2D eigenvalue weighted by Crippen LogP contribution is 2.31. The number of nitrogens with one attached hydrogen (secondary N) is 2. The van der Waals surface area contributed by atoms with Gasteiger partial charge in [-0.3, -0.25) is 4.79 Å². The number of halogens is 1. The summed E-state index contributed by atoms with van der Waals surface area (Å²) in [4.78, 5) is 19.5. The average molecular weight is 551 g/mol. The van der Waals surface area contributed by atoms with Crippen molar-refractivity contribution in [1.82, 2.24) is 14.7 Å². The molecule has 1 amide bonds. The Hall–Kier alpha value is -4.47. The number of pyridine rings is 1. The van der Waals surface area contributed by atoms with Gasteiger partial charge in [-0.1, -0.05) is 12.1 Å². The second kappa shape index (κ2) is 11.1. The highest BCUT2D eigenvalue weighted by molar-refractivity contribution is 7.90.